The van der Waals surface area contributed by atoms with Crippen LogP contribution in [0.1, 0.15) is 69.3 Å². The van der Waals surface area contributed by atoms with E-state index in [0.717, 1.165) is 16.7 Å². The molecule has 4 aromatic carbocycles. The normalized spacial score (nSPS) is 24.1. The largest absolute Gasteiger partial charge is 0.458 e. The van der Waals surface area contributed by atoms with E-state index in [2.05, 4.69) is 64.1 Å². The molecule has 0 N–H and O–H groups in total. The summed E-state index contributed by atoms with van der Waals surface area (Å²) in [6, 6.07) is 17.5. The summed E-state index contributed by atoms with van der Waals surface area (Å²) in [6.07, 6.45) is 5.08. The molecular formula is C30H32O2. The molecule has 32 heavy (non-hydrogen) atoms. The molecule has 2 saturated carbocycles. The molecule has 0 spiro atoms. The van der Waals surface area contributed by atoms with E-state index in [1.165, 1.54) is 52.8 Å². The highest BCUT2D eigenvalue weighted by atomic mass is 16.5. The van der Waals surface area contributed by atoms with Gasteiger partial charge in [-0.1, -0.05) is 64.1 Å². The number of hydrogen-bond donors (Lipinski definition) is 0. The topological polar surface area (TPSA) is 26.3 Å². The molecular weight excluding hydrogens is 392 g/mol. The summed E-state index contributed by atoms with van der Waals surface area (Å²) < 4.78 is 6.17. The Balaban J connectivity index is 1.41. The molecule has 2 fully saturated rings. The van der Waals surface area contributed by atoms with Gasteiger partial charge in [-0.15, -0.1) is 0 Å². The Hall–Kier alpha value is -2.61. The van der Waals surface area contributed by atoms with Crippen molar-refractivity contribution in [2.75, 3.05) is 0 Å². The summed E-state index contributed by atoms with van der Waals surface area (Å²) in [7, 11) is 0. The van der Waals surface area contributed by atoms with Crippen LogP contribution in [0.4, 0.5) is 0 Å². The lowest BCUT2D eigenvalue weighted by Gasteiger charge is -2.23. The highest BCUT2D eigenvalue weighted by molar-refractivity contribution is 6.24. The number of carbonyl (C=O) groups is 1. The highest BCUT2D eigenvalue weighted by Gasteiger charge is 2.44. The zero-order valence-electron chi connectivity index (χ0n) is 19.6. The molecule has 6 rings (SSSR count). The summed E-state index contributed by atoms with van der Waals surface area (Å²) >= 11 is 0. The Morgan fingerprint density at radius 3 is 1.84 bits per heavy atom. The van der Waals surface area contributed by atoms with E-state index in [9.17, 15) is 4.79 Å². The van der Waals surface area contributed by atoms with E-state index in [1.807, 2.05) is 12.1 Å². The van der Waals surface area contributed by atoms with Crippen LogP contribution in [0.2, 0.25) is 0 Å². The van der Waals surface area contributed by atoms with Crippen molar-refractivity contribution in [1.82, 2.24) is 0 Å². The maximum absolute atomic E-state index is 13.2. The van der Waals surface area contributed by atoms with Crippen LogP contribution >= 0.6 is 0 Å². The second kappa shape index (κ2) is 6.94. The fourth-order valence-corrected chi connectivity index (χ4v) is 6.02. The average molecular weight is 425 g/mol. The van der Waals surface area contributed by atoms with Crippen LogP contribution in [0.15, 0.2) is 48.5 Å². The average Bonchev–Trinajstić information content (AvgIpc) is 3.54. The number of carbonyl (C=O) groups excluding carboxylic acids is 1. The first kappa shape index (κ1) is 20.0. The quantitative estimate of drug-likeness (QED) is 0.247. The zero-order chi connectivity index (χ0) is 22.2. The van der Waals surface area contributed by atoms with E-state index in [1.54, 1.807) is 0 Å². The Morgan fingerprint density at radius 2 is 1.34 bits per heavy atom. The van der Waals surface area contributed by atoms with Crippen molar-refractivity contribution < 1.29 is 9.53 Å². The predicted molar refractivity (Wildman–Crippen MR) is 133 cm³/mol. The third-order valence-corrected chi connectivity index (χ3v) is 8.04. The summed E-state index contributed by atoms with van der Waals surface area (Å²) in [6.45, 7) is 9.02. The van der Waals surface area contributed by atoms with Gasteiger partial charge in [0.2, 0.25) is 0 Å². The molecule has 2 heteroatoms. The highest BCUT2D eigenvalue weighted by Crippen LogP contribution is 2.48. The summed E-state index contributed by atoms with van der Waals surface area (Å²) in [5, 5.41) is 7.33. The van der Waals surface area contributed by atoms with E-state index in [4.69, 9.17) is 4.74 Å². The number of benzene rings is 4. The fourth-order valence-electron chi connectivity index (χ4n) is 6.02. The second-order valence-corrected chi connectivity index (χ2v) is 11.4. The Morgan fingerprint density at radius 1 is 0.812 bits per heavy atom. The van der Waals surface area contributed by atoms with Gasteiger partial charge in [0, 0.05) is 0 Å². The summed E-state index contributed by atoms with van der Waals surface area (Å²) in [5.74, 6) is 1.65. The van der Waals surface area contributed by atoms with Gasteiger partial charge in [-0.2, -0.15) is 0 Å². The fraction of sp³-hybridized carbons (Fsp3) is 0.433. The minimum atomic E-state index is -0.157. The molecule has 164 valence electrons. The second-order valence-electron chi connectivity index (χ2n) is 11.4. The van der Waals surface area contributed by atoms with E-state index in [0.29, 0.717) is 17.4 Å². The molecule has 0 radical (unpaired) electrons. The molecule has 4 aromatic rings. The van der Waals surface area contributed by atoms with Crippen LogP contribution in [-0.2, 0) is 10.2 Å². The molecule has 0 aliphatic heterocycles. The van der Waals surface area contributed by atoms with Crippen LogP contribution in [0.3, 0.4) is 0 Å². The van der Waals surface area contributed by atoms with Crippen molar-refractivity contribution in [1.29, 1.82) is 0 Å². The first-order valence-electron chi connectivity index (χ1n) is 12.2. The lowest BCUT2D eigenvalue weighted by atomic mass is 9.83. The minimum Gasteiger partial charge on any atom is -0.458 e. The maximum atomic E-state index is 13.2. The summed E-state index contributed by atoms with van der Waals surface area (Å²) in [4.78, 5) is 13.2. The molecule has 0 saturated heterocycles. The number of ether oxygens (including phenoxy) is 1. The first-order chi connectivity index (χ1) is 15.3. The zero-order valence-corrected chi connectivity index (χ0v) is 19.6. The number of esters is 1. The van der Waals surface area contributed by atoms with E-state index >= 15 is 0 Å². The van der Waals surface area contributed by atoms with Gasteiger partial charge in [0.25, 0.3) is 0 Å². The van der Waals surface area contributed by atoms with Crippen LogP contribution in [-0.4, -0.2) is 12.1 Å². The van der Waals surface area contributed by atoms with Crippen LogP contribution in [0.5, 0.6) is 0 Å². The molecule has 0 amide bonds. The van der Waals surface area contributed by atoms with Gasteiger partial charge in [-0.25, -0.2) is 4.79 Å². The van der Waals surface area contributed by atoms with Crippen molar-refractivity contribution >= 4 is 38.3 Å². The number of hydrogen-bond acceptors (Lipinski definition) is 2. The van der Waals surface area contributed by atoms with Crippen LogP contribution in [0.25, 0.3) is 32.3 Å². The third kappa shape index (κ3) is 3.18. The third-order valence-electron chi connectivity index (χ3n) is 8.04. The van der Waals surface area contributed by atoms with Crippen molar-refractivity contribution in [2.45, 2.75) is 64.9 Å². The SMILES string of the molecule is C[C@@H]1CC[C@@H](C2CC2)[C@@H]1OC(=O)c1cc2ccc3cc(C(C)(C)C)cc4ccc(c1)c2c34. The van der Waals surface area contributed by atoms with Gasteiger partial charge in [-0.05, 0) is 98.9 Å². The van der Waals surface area contributed by atoms with Gasteiger partial charge in [0.1, 0.15) is 6.10 Å². The van der Waals surface area contributed by atoms with Crippen molar-refractivity contribution in [3.8, 4) is 0 Å². The van der Waals surface area contributed by atoms with Gasteiger partial charge in [-0.3, -0.25) is 0 Å². The minimum absolute atomic E-state index is 0.0802. The molecule has 0 heterocycles. The van der Waals surface area contributed by atoms with Gasteiger partial charge in [0.15, 0.2) is 0 Å². The van der Waals surface area contributed by atoms with Gasteiger partial charge >= 0.3 is 5.97 Å². The molecule has 2 aliphatic carbocycles. The lowest BCUT2D eigenvalue weighted by molar-refractivity contribution is 0.00677. The smallest absolute Gasteiger partial charge is 0.338 e. The monoisotopic (exact) mass is 424 g/mol. The van der Waals surface area contributed by atoms with Crippen molar-refractivity contribution in [3.63, 3.8) is 0 Å². The van der Waals surface area contributed by atoms with Crippen molar-refractivity contribution in [2.24, 2.45) is 17.8 Å². The Bertz CT molecular complexity index is 1270. The standard InChI is InChI=1S/C30H32O2/c1-17-5-12-25(18-6-7-18)28(17)32-29(31)23-13-19-8-10-21-15-24(30(2,3)4)16-22-11-9-20(14-23)26(19)27(21)22/h8-11,13-18,25,28H,5-7,12H2,1-4H3/t17-,25+,28-/m1/s1. The molecule has 3 atom stereocenters. The Labute approximate surface area is 190 Å². The van der Waals surface area contributed by atoms with Crippen LogP contribution in [0, 0.1) is 17.8 Å². The lowest BCUT2D eigenvalue weighted by Crippen LogP contribution is -2.28. The summed E-state index contributed by atoms with van der Waals surface area (Å²) in [5.41, 5.74) is 2.14. The van der Waals surface area contributed by atoms with Crippen molar-refractivity contribution in [3.05, 3.63) is 59.7 Å². The number of rotatable bonds is 3. The van der Waals surface area contributed by atoms with Gasteiger partial charge < -0.3 is 4.74 Å². The Kier molecular flexibility index (Phi) is 4.35. The maximum Gasteiger partial charge on any atom is 0.338 e. The molecule has 0 bridgehead atoms. The molecule has 2 nitrogen and oxygen atoms in total. The predicted octanol–water partition coefficient (Wildman–Crippen LogP) is 7.86. The molecule has 2 aliphatic rings. The van der Waals surface area contributed by atoms with Gasteiger partial charge in [0.05, 0.1) is 5.56 Å². The van der Waals surface area contributed by atoms with E-state index < -0.39 is 0 Å². The molecule has 0 unspecified atom stereocenters. The molecule has 0 aromatic heterocycles. The van der Waals surface area contributed by atoms with E-state index in [-0.39, 0.29) is 17.5 Å². The first-order valence-corrected chi connectivity index (χ1v) is 12.2. The van der Waals surface area contributed by atoms with Crippen LogP contribution < -0.4 is 0 Å².